The molecule has 0 saturated heterocycles. The topological polar surface area (TPSA) is 35.0 Å². The van der Waals surface area contributed by atoms with Gasteiger partial charge in [0.1, 0.15) is 5.75 Å². The summed E-state index contributed by atoms with van der Waals surface area (Å²) in [5, 5.41) is 7.89. The van der Waals surface area contributed by atoms with Crippen molar-refractivity contribution < 1.29 is 4.74 Å². The number of rotatable bonds is 2. The molecule has 0 radical (unpaired) electrons. The zero-order chi connectivity index (χ0) is 11.5. The van der Waals surface area contributed by atoms with Crippen LogP contribution in [0, 0.1) is 13.8 Å². The summed E-state index contributed by atoms with van der Waals surface area (Å²) in [5.41, 5.74) is 2.30. The summed E-state index contributed by atoms with van der Waals surface area (Å²) in [6, 6.07) is 9.31. The first-order valence-corrected chi connectivity index (χ1v) is 5.27. The molecule has 0 unspecified atom stereocenters. The number of hydrogen-bond acceptors (Lipinski definition) is 3. The van der Waals surface area contributed by atoms with Gasteiger partial charge >= 0.3 is 0 Å². The Morgan fingerprint density at radius 1 is 1.00 bits per heavy atom. The van der Waals surface area contributed by atoms with Crippen LogP contribution in [0.25, 0.3) is 0 Å². The minimum absolute atomic E-state index is 0.354. The van der Waals surface area contributed by atoms with Gasteiger partial charge < -0.3 is 4.74 Å². The molecule has 1 aromatic carbocycles. The van der Waals surface area contributed by atoms with Gasteiger partial charge in [0.2, 0.25) is 5.88 Å². The lowest BCUT2D eigenvalue weighted by atomic mass is 10.1. The normalized spacial score (nSPS) is 10.2. The second-order valence-corrected chi connectivity index (χ2v) is 4.01. The SMILES string of the molecule is Cc1cc(C)cc(Oc2ccc(Cl)nn2)c1. The number of ether oxygens (including phenoxy) is 1. The van der Waals surface area contributed by atoms with Crippen LogP contribution in [0.4, 0.5) is 0 Å². The van der Waals surface area contributed by atoms with Gasteiger partial charge in [0.05, 0.1) is 0 Å². The van der Waals surface area contributed by atoms with Crippen molar-refractivity contribution in [3.05, 3.63) is 46.6 Å². The third kappa shape index (κ3) is 2.70. The van der Waals surface area contributed by atoms with Gasteiger partial charge in [-0.05, 0) is 43.2 Å². The van der Waals surface area contributed by atoms with Gasteiger partial charge in [-0.25, -0.2) is 0 Å². The van der Waals surface area contributed by atoms with Crippen LogP contribution in [-0.4, -0.2) is 10.2 Å². The zero-order valence-corrected chi connectivity index (χ0v) is 9.82. The summed E-state index contributed by atoms with van der Waals surface area (Å²) >= 11 is 5.64. The molecule has 0 N–H and O–H groups in total. The molecule has 0 atom stereocenters. The van der Waals surface area contributed by atoms with E-state index in [0.29, 0.717) is 11.0 Å². The predicted octanol–water partition coefficient (Wildman–Crippen LogP) is 3.54. The smallest absolute Gasteiger partial charge is 0.238 e. The van der Waals surface area contributed by atoms with Crippen molar-refractivity contribution in [1.82, 2.24) is 10.2 Å². The van der Waals surface area contributed by atoms with Gasteiger partial charge in [-0.15, -0.1) is 10.2 Å². The highest BCUT2D eigenvalue weighted by Gasteiger charge is 2.01. The van der Waals surface area contributed by atoms with Crippen LogP contribution in [0.3, 0.4) is 0 Å². The molecule has 0 amide bonds. The Balaban J connectivity index is 2.23. The molecular weight excluding hydrogens is 224 g/mol. The van der Waals surface area contributed by atoms with Gasteiger partial charge in [-0.1, -0.05) is 17.7 Å². The molecule has 3 nitrogen and oxygen atoms in total. The van der Waals surface area contributed by atoms with Crippen LogP contribution >= 0.6 is 11.6 Å². The highest BCUT2D eigenvalue weighted by molar-refractivity contribution is 6.29. The van der Waals surface area contributed by atoms with Crippen molar-refractivity contribution in [2.45, 2.75) is 13.8 Å². The summed E-state index contributed by atoms with van der Waals surface area (Å²) in [4.78, 5) is 0. The fourth-order valence-corrected chi connectivity index (χ4v) is 1.57. The first-order valence-electron chi connectivity index (χ1n) is 4.89. The molecule has 0 saturated carbocycles. The fourth-order valence-electron chi connectivity index (χ4n) is 1.47. The van der Waals surface area contributed by atoms with E-state index in [0.717, 1.165) is 16.9 Å². The summed E-state index contributed by atoms with van der Waals surface area (Å²) in [6.07, 6.45) is 0. The minimum atomic E-state index is 0.354. The summed E-state index contributed by atoms with van der Waals surface area (Å²) in [5.74, 6) is 1.20. The molecule has 2 aromatic rings. The van der Waals surface area contributed by atoms with E-state index in [9.17, 15) is 0 Å². The monoisotopic (exact) mass is 234 g/mol. The Labute approximate surface area is 99.0 Å². The maximum absolute atomic E-state index is 5.64. The van der Waals surface area contributed by atoms with E-state index in [1.165, 1.54) is 0 Å². The van der Waals surface area contributed by atoms with Gasteiger partial charge in [0, 0.05) is 6.07 Å². The average Bonchev–Trinajstić information content (AvgIpc) is 2.20. The number of halogens is 1. The van der Waals surface area contributed by atoms with Gasteiger partial charge in [-0.3, -0.25) is 0 Å². The summed E-state index contributed by atoms with van der Waals surface area (Å²) in [6.45, 7) is 4.04. The molecule has 16 heavy (non-hydrogen) atoms. The van der Waals surface area contributed by atoms with Crippen molar-refractivity contribution in [1.29, 1.82) is 0 Å². The number of nitrogens with zero attached hydrogens (tertiary/aromatic N) is 2. The Hall–Kier alpha value is -1.61. The largest absolute Gasteiger partial charge is 0.438 e. The number of benzene rings is 1. The quantitative estimate of drug-likeness (QED) is 0.797. The second-order valence-electron chi connectivity index (χ2n) is 3.62. The van der Waals surface area contributed by atoms with Crippen LogP contribution in [-0.2, 0) is 0 Å². The third-order valence-corrected chi connectivity index (χ3v) is 2.23. The molecule has 4 heteroatoms. The Morgan fingerprint density at radius 3 is 2.25 bits per heavy atom. The summed E-state index contributed by atoms with van der Waals surface area (Å²) < 4.78 is 5.56. The van der Waals surface area contributed by atoms with Crippen LogP contribution in [0.5, 0.6) is 11.6 Å². The van der Waals surface area contributed by atoms with Crippen molar-refractivity contribution in [2.24, 2.45) is 0 Å². The molecule has 1 heterocycles. The Kier molecular flexibility index (Phi) is 3.06. The lowest BCUT2D eigenvalue weighted by molar-refractivity contribution is 0.454. The Bertz CT molecular complexity index is 477. The lowest BCUT2D eigenvalue weighted by Crippen LogP contribution is -1.91. The third-order valence-electron chi connectivity index (χ3n) is 2.03. The van der Waals surface area contributed by atoms with E-state index in [-0.39, 0.29) is 0 Å². The molecule has 0 aliphatic rings. The zero-order valence-electron chi connectivity index (χ0n) is 9.07. The number of aromatic nitrogens is 2. The van der Waals surface area contributed by atoms with E-state index >= 15 is 0 Å². The molecule has 0 aliphatic carbocycles. The molecule has 0 spiro atoms. The predicted molar refractivity (Wildman–Crippen MR) is 63.0 cm³/mol. The summed E-state index contributed by atoms with van der Waals surface area (Å²) in [7, 11) is 0. The lowest BCUT2D eigenvalue weighted by Gasteiger charge is -2.06. The van der Waals surface area contributed by atoms with Crippen LogP contribution < -0.4 is 4.74 Å². The second kappa shape index (κ2) is 4.49. The van der Waals surface area contributed by atoms with Crippen molar-refractivity contribution in [3.63, 3.8) is 0 Å². The first kappa shape index (κ1) is 10.9. The fraction of sp³-hybridized carbons (Fsp3) is 0.167. The van der Waals surface area contributed by atoms with Crippen LogP contribution in [0.1, 0.15) is 11.1 Å². The molecule has 2 rings (SSSR count). The Morgan fingerprint density at radius 2 is 1.69 bits per heavy atom. The van der Waals surface area contributed by atoms with E-state index in [4.69, 9.17) is 16.3 Å². The van der Waals surface area contributed by atoms with Gasteiger partial charge in [-0.2, -0.15) is 0 Å². The number of aryl methyl sites for hydroxylation is 2. The molecule has 1 aromatic heterocycles. The van der Waals surface area contributed by atoms with E-state index < -0.39 is 0 Å². The standard InChI is InChI=1S/C12H11ClN2O/c1-8-5-9(2)7-10(6-8)16-12-4-3-11(13)14-15-12/h3-7H,1-2H3. The highest BCUT2D eigenvalue weighted by Crippen LogP contribution is 2.22. The maximum atomic E-state index is 5.64. The van der Waals surface area contributed by atoms with E-state index in [1.807, 2.05) is 26.0 Å². The maximum Gasteiger partial charge on any atom is 0.238 e. The van der Waals surface area contributed by atoms with Crippen LogP contribution in [0.2, 0.25) is 5.15 Å². The van der Waals surface area contributed by atoms with Gasteiger partial charge in [0.25, 0.3) is 0 Å². The van der Waals surface area contributed by atoms with Crippen molar-refractivity contribution in [3.8, 4) is 11.6 Å². The molecule has 0 bridgehead atoms. The average molecular weight is 235 g/mol. The minimum Gasteiger partial charge on any atom is -0.438 e. The molecule has 0 fully saturated rings. The first-order chi connectivity index (χ1) is 7.63. The van der Waals surface area contributed by atoms with Crippen molar-refractivity contribution in [2.75, 3.05) is 0 Å². The van der Waals surface area contributed by atoms with Crippen molar-refractivity contribution >= 4 is 11.6 Å². The van der Waals surface area contributed by atoms with Gasteiger partial charge in [0.15, 0.2) is 5.15 Å². The van der Waals surface area contributed by atoms with Crippen LogP contribution in [0.15, 0.2) is 30.3 Å². The molecular formula is C12H11ClN2O. The van der Waals surface area contributed by atoms with E-state index in [2.05, 4.69) is 16.3 Å². The molecule has 82 valence electrons. The van der Waals surface area contributed by atoms with E-state index in [1.54, 1.807) is 12.1 Å². The highest BCUT2D eigenvalue weighted by atomic mass is 35.5. The number of hydrogen-bond donors (Lipinski definition) is 0. The molecule has 0 aliphatic heterocycles.